The Kier molecular flexibility index (Phi) is 6.92. The van der Waals surface area contributed by atoms with E-state index in [-0.39, 0.29) is 4.90 Å². The fraction of sp³-hybridized carbons (Fsp3) is 0.263. The van der Waals surface area contributed by atoms with E-state index in [9.17, 15) is 8.42 Å². The molecule has 28 heavy (non-hydrogen) atoms. The fourth-order valence-electron chi connectivity index (χ4n) is 2.64. The van der Waals surface area contributed by atoms with Crippen LogP contribution in [0.4, 0.5) is 0 Å². The van der Waals surface area contributed by atoms with Gasteiger partial charge in [-0.15, -0.1) is 10.2 Å². The van der Waals surface area contributed by atoms with Gasteiger partial charge >= 0.3 is 0 Å². The van der Waals surface area contributed by atoms with Crippen molar-refractivity contribution in [2.45, 2.75) is 29.7 Å². The van der Waals surface area contributed by atoms with E-state index < -0.39 is 10.0 Å². The van der Waals surface area contributed by atoms with Gasteiger partial charge in [0.15, 0.2) is 0 Å². The zero-order chi connectivity index (χ0) is 20.1. The first-order chi connectivity index (χ1) is 13.5. The monoisotopic (exact) mass is 481 g/mol. The molecule has 6 nitrogen and oxygen atoms in total. The third-order valence-electron chi connectivity index (χ3n) is 4.14. The Morgan fingerprint density at radius 3 is 2.54 bits per heavy atom. The highest BCUT2D eigenvalue weighted by Gasteiger charge is 2.22. The summed E-state index contributed by atoms with van der Waals surface area (Å²) in [5, 5.41) is 8.57. The molecule has 0 bridgehead atoms. The molecule has 0 spiro atoms. The molecule has 0 fully saturated rings. The van der Waals surface area contributed by atoms with Crippen molar-refractivity contribution in [3.05, 3.63) is 58.6 Å². The first kappa shape index (κ1) is 21.0. The van der Waals surface area contributed by atoms with Crippen molar-refractivity contribution in [3.63, 3.8) is 0 Å². The van der Waals surface area contributed by atoms with E-state index >= 15 is 0 Å². The molecular formula is C19H20BrN3O3S2. The SMILES string of the molecule is CCN(CC)S(=O)(=O)c1cccc(-c2nnc(SCc3ccccc3Br)o2)c1. The van der Waals surface area contributed by atoms with Crippen LogP contribution < -0.4 is 0 Å². The van der Waals surface area contributed by atoms with Crippen LogP contribution in [-0.2, 0) is 15.8 Å². The van der Waals surface area contributed by atoms with Gasteiger partial charge in [-0.05, 0) is 29.8 Å². The van der Waals surface area contributed by atoms with Gasteiger partial charge in [-0.2, -0.15) is 4.31 Å². The summed E-state index contributed by atoms with van der Waals surface area (Å²) < 4.78 is 33.6. The zero-order valence-corrected chi connectivity index (χ0v) is 18.7. The number of nitrogens with zero attached hydrogens (tertiary/aromatic N) is 3. The Bertz CT molecular complexity index is 1050. The van der Waals surface area contributed by atoms with Gasteiger partial charge in [0.05, 0.1) is 4.90 Å². The smallest absolute Gasteiger partial charge is 0.277 e. The molecule has 0 aliphatic rings. The number of halogens is 1. The second-order valence-electron chi connectivity index (χ2n) is 5.87. The van der Waals surface area contributed by atoms with Crippen molar-refractivity contribution < 1.29 is 12.8 Å². The lowest BCUT2D eigenvalue weighted by Crippen LogP contribution is -2.30. The molecular weight excluding hydrogens is 462 g/mol. The lowest BCUT2D eigenvalue weighted by Gasteiger charge is -2.18. The Morgan fingerprint density at radius 2 is 1.82 bits per heavy atom. The number of hydrogen-bond acceptors (Lipinski definition) is 6. The summed E-state index contributed by atoms with van der Waals surface area (Å²) in [7, 11) is -3.54. The molecule has 1 heterocycles. The number of sulfonamides is 1. The number of aromatic nitrogens is 2. The standard InChI is InChI=1S/C19H20BrN3O3S2/c1-3-23(4-2)28(24,25)16-10-7-9-14(12-16)18-21-22-19(26-18)27-13-15-8-5-6-11-17(15)20/h5-12H,3-4,13H2,1-2H3. The third-order valence-corrected chi connectivity index (χ3v) is 7.83. The van der Waals surface area contributed by atoms with Crippen molar-refractivity contribution in [1.29, 1.82) is 0 Å². The molecule has 0 saturated carbocycles. The van der Waals surface area contributed by atoms with Crippen molar-refractivity contribution in [2.24, 2.45) is 0 Å². The van der Waals surface area contributed by atoms with Gasteiger partial charge in [0, 0.05) is 28.9 Å². The molecule has 1 aromatic heterocycles. The lowest BCUT2D eigenvalue weighted by atomic mass is 10.2. The molecule has 9 heteroatoms. The van der Waals surface area contributed by atoms with E-state index in [0.717, 1.165) is 10.0 Å². The summed E-state index contributed by atoms with van der Waals surface area (Å²) in [5.41, 5.74) is 1.70. The third kappa shape index (κ3) is 4.65. The minimum atomic E-state index is -3.54. The quantitative estimate of drug-likeness (QED) is 0.429. The van der Waals surface area contributed by atoms with Gasteiger partial charge < -0.3 is 4.42 Å². The molecule has 3 aromatic rings. The predicted molar refractivity (Wildman–Crippen MR) is 114 cm³/mol. The van der Waals surface area contributed by atoms with E-state index in [0.29, 0.717) is 35.5 Å². The molecule has 0 aliphatic heterocycles. The van der Waals surface area contributed by atoms with Crippen LogP contribution in [0.5, 0.6) is 0 Å². The van der Waals surface area contributed by atoms with Crippen molar-refractivity contribution in [1.82, 2.24) is 14.5 Å². The summed E-state index contributed by atoms with van der Waals surface area (Å²) in [5.74, 6) is 0.977. The average Bonchev–Trinajstić information content (AvgIpc) is 3.17. The van der Waals surface area contributed by atoms with Crippen LogP contribution in [0.25, 0.3) is 11.5 Å². The summed E-state index contributed by atoms with van der Waals surface area (Å²) in [4.78, 5) is 0.217. The molecule has 0 aliphatic carbocycles. The Morgan fingerprint density at radius 1 is 1.07 bits per heavy atom. The van der Waals surface area contributed by atoms with Crippen LogP contribution in [0, 0.1) is 0 Å². The highest BCUT2D eigenvalue weighted by atomic mass is 79.9. The van der Waals surface area contributed by atoms with Crippen molar-refractivity contribution in [3.8, 4) is 11.5 Å². The predicted octanol–water partition coefficient (Wildman–Crippen LogP) is 4.82. The van der Waals surface area contributed by atoms with Gasteiger partial charge in [0.2, 0.25) is 15.9 Å². The highest BCUT2D eigenvalue weighted by molar-refractivity contribution is 9.10. The normalized spacial score (nSPS) is 11.9. The second kappa shape index (κ2) is 9.21. The van der Waals surface area contributed by atoms with E-state index in [1.54, 1.807) is 24.3 Å². The van der Waals surface area contributed by atoms with Crippen LogP contribution >= 0.6 is 27.7 Å². The van der Waals surface area contributed by atoms with Crippen LogP contribution in [0.3, 0.4) is 0 Å². The molecule has 0 saturated heterocycles. The van der Waals surface area contributed by atoms with Crippen molar-refractivity contribution >= 4 is 37.7 Å². The maximum atomic E-state index is 12.7. The number of rotatable bonds is 8. The van der Waals surface area contributed by atoms with Gasteiger partial charge in [-0.1, -0.05) is 65.8 Å². The number of benzene rings is 2. The molecule has 0 N–H and O–H groups in total. The topological polar surface area (TPSA) is 76.3 Å². The first-order valence-electron chi connectivity index (χ1n) is 8.76. The van der Waals surface area contributed by atoms with Gasteiger partial charge in [0.25, 0.3) is 5.22 Å². The molecule has 0 radical (unpaired) electrons. The molecule has 0 atom stereocenters. The van der Waals surface area contributed by atoms with Crippen molar-refractivity contribution in [2.75, 3.05) is 13.1 Å². The molecule has 3 rings (SSSR count). The summed E-state index contributed by atoms with van der Waals surface area (Å²) in [6.07, 6.45) is 0. The lowest BCUT2D eigenvalue weighted by molar-refractivity contribution is 0.445. The van der Waals surface area contributed by atoms with Gasteiger partial charge in [0.1, 0.15) is 0 Å². The second-order valence-corrected chi connectivity index (χ2v) is 9.59. The largest absolute Gasteiger partial charge is 0.411 e. The highest BCUT2D eigenvalue weighted by Crippen LogP contribution is 2.29. The Balaban J connectivity index is 1.79. The van der Waals surface area contributed by atoms with Gasteiger partial charge in [-0.25, -0.2) is 8.42 Å². The summed E-state index contributed by atoms with van der Waals surface area (Å²) >= 11 is 4.95. The minimum absolute atomic E-state index is 0.217. The maximum absolute atomic E-state index is 12.7. The average molecular weight is 482 g/mol. The summed E-state index contributed by atoms with van der Waals surface area (Å²) in [6, 6.07) is 14.5. The van der Waals surface area contributed by atoms with Crippen LogP contribution in [0.15, 0.2) is 67.5 Å². The van der Waals surface area contributed by atoms with E-state index in [2.05, 4.69) is 26.1 Å². The first-order valence-corrected chi connectivity index (χ1v) is 12.0. The molecule has 0 amide bonds. The number of hydrogen-bond donors (Lipinski definition) is 0. The van der Waals surface area contributed by atoms with E-state index in [4.69, 9.17) is 4.42 Å². The Labute approximate surface area is 177 Å². The van der Waals surface area contributed by atoms with Crippen LogP contribution in [0.2, 0.25) is 0 Å². The van der Waals surface area contributed by atoms with Crippen LogP contribution in [-0.4, -0.2) is 36.0 Å². The van der Waals surface area contributed by atoms with Gasteiger partial charge in [-0.3, -0.25) is 0 Å². The number of thioether (sulfide) groups is 1. The zero-order valence-electron chi connectivity index (χ0n) is 15.5. The molecule has 148 valence electrons. The molecule has 0 unspecified atom stereocenters. The minimum Gasteiger partial charge on any atom is -0.411 e. The Hall–Kier alpha value is -1.68. The summed E-state index contributed by atoms with van der Waals surface area (Å²) in [6.45, 7) is 4.47. The molecule has 2 aromatic carbocycles. The van der Waals surface area contributed by atoms with E-state index in [1.165, 1.54) is 16.1 Å². The maximum Gasteiger partial charge on any atom is 0.277 e. The van der Waals surface area contributed by atoms with Crippen LogP contribution in [0.1, 0.15) is 19.4 Å². The fourth-order valence-corrected chi connectivity index (χ4v) is 5.52. The van der Waals surface area contributed by atoms with E-state index in [1.807, 2.05) is 38.1 Å².